The van der Waals surface area contributed by atoms with Crippen molar-refractivity contribution in [3.05, 3.63) is 41.9 Å². The Labute approximate surface area is 152 Å². The molecule has 1 aromatic heterocycles. The van der Waals surface area contributed by atoms with Gasteiger partial charge in [0.15, 0.2) is 0 Å². The lowest BCUT2D eigenvalue weighted by Gasteiger charge is -2.32. The van der Waals surface area contributed by atoms with Gasteiger partial charge in [-0.05, 0) is 38.1 Å². The van der Waals surface area contributed by atoms with Crippen molar-refractivity contribution < 1.29 is 9.53 Å². The van der Waals surface area contributed by atoms with Gasteiger partial charge in [0, 0.05) is 30.6 Å². The first-order chi connectivity index (χ1) is 12.6. The summed E-state index contributed by atoms with van der Waals surface area (Å²) in [6.07, 6.45) is 4.30. The van der Waals surface area contributed by atoms with E-state index in [-0.39, 0.29) is 12.0 Å². The molecule has 0 spiro atoms. The largest absolute Gasteiger partial charge is 0.491 e. The molecule has 2 aliphatic heterocycles. The molecular formula is C19H23N5O2. The number of hydrogen-bond acceptors (Lipinski definition) is 5. The standard InChI is InChI=1S/C19H23N5O2/c1-12(2)26-14-3-4-16-15(10-14)19(23-22-16)13-5-6-20-17(9-13)24-8-7-21-18(25)11-24/h3-5,9-10,12,20H,6-8,11H2,1-2H3,(H,21,25)(H,22,23). The summed E-state index contributed by atoms with van der Waals surface area (Å²) in [7, 11) is 0. The van der Waals surface area contributed by atoms with Crippen LogP contribution in [-0.2, 0) is 4.79 Å². The van der Waals surface area contributed by atoms with Crippen molar-refractivity contribution in [1.29, 1.82) is 0 Å². The summed E-state index contributed by atoms with van der Waals surface area (Å²) >= 11 is 0. The van der Waals surface area contributed by atoms with Gasteiger partial charge < -0.3 is 20.3 Å². The molecule has 136 valence electrons. The smallest absolute Gasteiger partial charge is 0.239 e. The lowest BCUT2D eigenvalue weighted by Crippen LogP contribution is -2.49. The lowest BCUT2D eigenvalue weighted by atomic mass is 10.0. The Balaban J connectivity index is 1.66. The predicted octanol–water partition coefficient (Wildman–Crippen LogP) is 1.61. The van der Waals surface area contributed by atoms with E-state index in [0.29, 0.717) is 19.6 Å². The maximum Gasteiger partial charge on any atom is 0.239 e. The van der Waals surface area contributed by atoms with Crippen molar-refractivity contribution >= 4 is 22.4 Å². The molecular weight excluding hydrogens is 330 g/mol. The molecule has 4 rings (SSSR count). The van der Waals surface area contributed by atoms with E-state index in [9.17, 15) is 4.79 Å². The molecule has 0 aliphatic carbocycles. The molecule has 0 unspecified atom stereocenters. The first-order valence-corrected chi connectivity index (χ1v) is 8.92. The summed E-state index contributed by atoms with van der Waals surface area (Å²) < 4.78 is 5.82. The van der Waals surface area contributed by atoms with Crippen molar-refractivity contribution in [3.8, 4) is 5.75 Å². The van der Waals surface area contributed by atoms with E-state index in [1.807, 2.05) is 32.0 Å². The van der Waals surface area contributed by atoms with Gasteiger partial charge in [-0.1, -0.05) is 6.08 Å². The summed E-state index contributed by atoms with van der Waals surface area (Å²) in [5.74, 6) is 1.85. The Hall–Kier alpha value is -2.96. The summed E-state index contributed by atoms with van der Waals surface area (Å²) in [5, 5.41) is 14.8. The third-order valence-electron chi connectivity index (χ3n) is 4.46. The van der Waals surface area contributed by atoms with Gasteiger partial charge in [-0.15, -0.1) is 0 Å². The summed E-state index contributed by atoms with van der Waals surface area (Å²) in [4.78, 5) is 13.7. The van der Waals surface area contributed by atoms with Gasteiger partial charge in [0.2, 0.25) is 5.91 Å². The number of dihydropyridines is 1. The summed E-state index contributed by atoms with van der Waals surface area (Å²) in [6.45, 7) is 6.57. The van der Waals surface area contributed by atoms with Crippen LogP contribution in [0.5, 0.6) is 5.75 Å². The summed E-state index contributed by atoms with van der Waals surface area (Å²) in [6, 6.07) is 5.97. The Morgan fingerprint density at radius 1 is 1.27 bits per heavy atom. The van der Waals surface area contributed by atoms with Crippen molar-refractivity contribution in [3.63, 3.8) is 0 Å². The quantitative estimate of drug-likeness (QED) is 0.778. The molecule has 0 atom stereocenters. The third-order valence-corrected chi connectivity index (χ3v) is 4.46. The average molecular weight is 353 g/mol. The topological polar surface area (TPSA) is 82.3 Å². The molecule has 0 bridgehead atoms. The van der Waals surface area contributed by atoms with E-state index in [2.05, 4.69) is 37.9 Å². The number of fused-ring (bicyclic) bond motifs is 1. The van der Waals surface area contributed by atoms with Crippen LogP contribution in [-0.4, -0.2) is 53.3 Å². The fourth-order valence-corrected chi connectivity index (χ4v) is 3.29. The Morgan fingerprint density at radius 3 is 2.96 bits per heavy atom. The molecule has 2 aliphatic rings. The molecule has 1 saturated heterocycles. The van der Waals surface area contributed by atoms with Crippen molar-refractivity contribution in [2.75, 3.05) is 26.2 Å². The van der Waals surface area contributed by atoms with Crippen LogP contribution in [0.3, 0.4) is 0 Å². The zero-order valence-electron chi connectivity index (χ0n) is 15.0. The highest BCUT2D eigenvalue weighted by molar-refractivity contribution is 5.94. The number of rotatable bonds is 4. The van der Waals surface area contributed by atoms with Gasteiger partial charge in [-0.2, -0.15) is 5.10 Å². The van der Waals surface area contributed by atoms with E-state index in [4.69, 9.17) is 4.74 Å². The van der Waals surface area contributed by atoms with Crippen LogP contribution in [0.25, 0.3) is 16.5 Å². The van der Waals surface area contributed by atoms with E-state index < -0.39 is 0 Å². The monoisotopic (exact) mass is 353 g/mol. The van der Waals surface area contributed by atoms with Crippen LogP contribution in [0.1, 0.15) is 19.5 Å². The number of allylic oxidation sites excluding steroid dienone is 2. The Bertz CT molecular complexity index is 896. The maximum absolute atomic E-state index is 11.7. The molecule has 1 amide bonds. The molecule has 7 nitrogen and oxygen atoms in total. The van der Waals surface area contributed by atoms with Gasteiger partial charge in [-0.25, -0.2) is 0 Å². The van der Waals surface area contributed by atoms with Crippen LogP contribution >= 0.6 is 0 Å². The van der Waals surface area contributed by atoms with Crippen molar-refractivity contribution in [2.24, 2.45) is 0 Å². The number of carbonyl (C=O) groups excluding carboxylic acids is 1. The highest BCUT2D eigenvalue weighted by atomic mass is 16.5. The van der Waals surface area contributed by atoms with Gasteiger partial charge in [0.1, 0.15) is 11.6 Å². The minimum Gasteiger partial charge on any atom is -0.491 e. The van der Waals surface area contributed by atoms with E-state index >= 15 is 0 Å². The SMILES string of the molecule is CC(C)Oc1ccc2[nH]nc(C3=CCNC(N4CCNC(=O)C4)=C3)c2c1. The second-order valence-corrected chi connectivity index (χ2v) is 6.79. The van der Waals surface area contributed by atoms with Crippen molar-refractivity contribution in [2.45, 2.75) is 20.0 Å². The number of carbonyl (C=O) groups is 1. The van der Waals surface area contributed by atoms with E-state index in [1.54, 1.807) is 0 Å². The molecule has 1 aromatic carbocycles. The van der Waals surface area contributed by atoms with Crippen molar-refractivity contribution in [1.82, 2.24) is 25.7 Å². The minimum absolute atomic E-state index is 0.0516. The van der Waals surface area contributed by atoms with Gasteiger partial charge in [-0.3, -0.25) is 9.89 Å². The second-order valence-electron chi connectivity index (χ2n) is 6.79. The number of amides is 1. The second kappa shape index (κ2) is 6.74. The number of ether oxygens (including phenoxy) is 1. The Morgan fingerprint density at radius 2 is 2.15 bits per heavy atom. The molecule has 26 heavy (non-hydrogen) atoms. The van der Waals surface area contributed by atoms with Gasteiger partial charge >= 0.3 is 0 Å². The molecule has 1 fully saturated rings. The third kappa shape index (κ3) is 3.24. The van der Waals surface area contributed by atoms with Crippen LogP contribution in [0.4, 0.5) is 0 Å². The predicted molar refractivity (Wildman–Crippen MR) is 101 cm³/mol. The van der Waals surface area contributed by atoms with E-state index in [0.717, 1.165) is 40.3 Å². The van der Waals surface area contributed by atoms with Gasteiger partial charge in [0.25, 0.3) is 0 Å². The van der Waals surface area contributed by atoms with E-state index in [1.165, 1.54) is 0 Å². The number of nitrogens with one attached hydrogen (secondary N) is 3. The molecule has 7 heteroatoms. The maximum atomic E-state index is 11.7. The number of H-pyrrole nitrogens is 1. The van der Waals surface area contributed by atoms with Crippen LogP contribution in [0, 0.1) is 0 Å². The highest BCUT2D eigenvalue weighted by Crippen LogP contribution is 2.29. The normalized spacial score (nSPS) is 17.7. The van der Waals surface area contributed by atoms with Crippen LogP contribution in [0.15, 0.2) is 36.2 Å². The zero-order chi connectivity index (χ0) is 18.1. The molecule has 0 radical (unpaired) electrons. The average Bonchev–Trinajstić information content (AvgIpc) is 3.04. The summed E-state index contributed by atoms with van der Waals surface area (Å²) in [5.41, 5.74) is 2.91. The fraction of sp³-hybridized carbons (Fsp3) is 0.368. The number of aromatic nitrogens is 2. The van der Waals surface area contributed by atoms with Crippen LogP contribution < -0.4 is 15.4 Å². The number of hydrogen-bond donors (Lipinski definition) is 3. The number of aromatic amines is 1. The zero-order valence-corrected chi connectivity index (χ0v) is 15.0. The molecule has 0 saturated carbocycles. The minimum atomic E-state index is 0.0516. The molecule has 2 aromatic rings. The number of piperazine rings is 1. The Kier molecular flexibility index (Phi) is 4.28. The first kappa shape index (κ1) is 16.5. The highest BCUT2D eigenvalue weighted by Gasteiger charge is 2.21. The lowest BCUT2D eigenvalue weighted by molar-refractivity contribution is -0.123. The van der Waals surface area contributed by atoms with Gasteiger partial charge in [0.05, 0.1) is 23.9 Å². The molecule has 3 heterocycles. The number of nitrogens with zero attached hydrogens (tertiary/aromatic N) is 2. The molecule has 3 N–H and O–H groups in total. The fourth-order valence-electron chi connectivity index (χ4n) is 3.29. The number of benzene rings is 1. The van der Waals surface area contributed by atoms with Crippen LogP contribution in [0.2, 0.25) is 0 Å². The first-order valence-electron chi connectivity index (χ1n) is 8.92.